The minimum atomic E-state index is -0.934. The molecule has 160 valence electrons. The molecule has 3 fully saturated rings. The van der Waals surface area contributed by atoms with Gasteiger partial charge in [-0.2, -0.15) is 0 Å². The van der Waals surface area contributed by atoms with Crippen LogP contribution < -0.4 is 0 Å². The Kier molecular flexibility index (Phi) is 5.48. The van der Waals surface area contributed by atoms with Crippen LogP contribution in [-0.2, 0) is 19.1 Å². The topological polar surface area (TPSA) is 117 Å². The smallest absolute Gasteiger partial charge is 0.294 e. The molecule has 0 aliphatic carbocycles. The summed E-state index contributed by atoms with van der Waals surface area (Å²) >= 11 is 0.738. The van der Waals surface area contributed by atoms with Crippen LogP contribution >= 0.6 is 11.8 Å². The third-order valence-electron chi connectivity index (χ3n) is 5.52. The number of carbonyl (C=O) groups excluding carboxylic acids is 3. The molecule has 30 heavy (non-hydrogen) atoms. The van der Waals surface area contributed by atoms with Gasteiger partial charge in [0.1, 0.15) is 6.04 Å². The molecule has 1 aromatic rings. The first kappa shape index (κ1) is 20.7. The van der Waals surface area contributed by atoms with Crippen molar-refractivity contribution in [2.24, 2.45) is 0 Å². The van der Waals surface area contributed by atoms with E-state index in [9.17, 15) is 24.6 Å². The average molecular weight is 434 g/mol. The molecule has 9 nitrogen and oxygen atoms in total. The van der Waals surface area contributed by atoms with E-state index in [1.54, 1.807) is 11.8 Å². The zero-order chi connectivity index (χ0) is 21.5. The number of imide groups is 1. The highest BCUT2D eigenvalue weighted by Crippen LogP contribution is 2.36. The van der Waals surface area contributed by atoms with E-state index in [4.69, 9.17) is 9.47 Å². The van der Waals surface area contributed by atoms with Gasteiger partial charge in [-0.25, -0.2) is 0 Å². The molecule has 0 aromatic heterocycles. The lowest BCUT2D eigenvalue weighted by atomic mass is 10.0. The predicted molar refractivity (Wildman–Crippen MR) is 107 cm³/mol. The molecule has 0 radical (unpaired) electrons. The summed E-state index contributed by atoms with van der Waals surface area (Å²) in [5.41, 5.74) is 0.452. The van der Waals surface area contributed by atoms with Gasteiger partial charge in [0.05, 0.1) is 18.1 Å². The largest absolute Gasteiger partial charge is 0.504 e. The number of phenols is 2. The van der Waals surface area contributed by atoms with E-state index in [0.29, 0.717) is 44.7 Å². The molecule has 0 bridgehead atoms. The van der Waals surface area contributed by atoms with Crippen molar-refractivity contribution in [3.8, 4) is 11.5 Å². The van der Waals surface area contributed by atoms with Crippen LogP contribution in [0, 0.1) is 0 Å². The van der Waals surface area contributed by atoms with Crippen molar-refractivity contribution in [1.82, 2.24) is 9.80 Å². The van der Waals surface area contributed by atoms with Gasteiger partial charge in [-0.05, 0) is 42.5 Å². The number of hydrogen-bond donors (Lipinski definition) is 2. The quantitative estimate of drug-likeness (QED) is 0.547. The number of benzene rings is 1. The Labute approximate surface area is 177 Å². The number of thioether (sulfide) groups is 1. The Morgan fingerprint density at radius 3 is 2.47 bits per heavy atom. The Balaban J connectivity index is 1.44. The molecule has 3 aliphatic rings. The molecule has 1 aromatic carbocycles. The van der Waals surface area contributed by atoms with Crippen LogP contribution in [0.2, 0.25) is 0 Å². The Bertz CT molecular complexity index is 916. The lowest BCUT2D eigenvalue weighted by Gasteiger charge is -2.39. The summed E-state index contributed by atoms with van der Waals surface area (Å²) in [4.78, 5) is 40.9. The summed E-state index contributed by atoms with van der Waals surface area (Å²) < 4.78 is 11.3. The SMILES string of the molecule is CC(C(=O)N1CCC2(CC1)OCCO2)N1C(=O)S/C(=C\c2ccc(O)c(O)c2)C1=O. The Hall–Kier alpha value is -2.56. The first-order valence-electron chi connectivity index (χ1n) is 9.65. The van der Waals surface area contributed by atoms with Crippen molar-refractivity contribution >= 4 is 34.9 Å². The third kappa shape index (κ3) is 3.78. The van der Waals surface area contributed by atoms with Gasteiger partial charge in [-0.15, -0.1) is 0 Å². The standard InChI is InChI=1S/C20H22N2O7S/c1-12(17(25)21-6-4-20(5-7-21)28-8-9-29-20)22-18(26)16(30-19(22)27)11-13-2-3-14(23)15(24)10-13/h2-3,10-12,23-24H,4-9H2,1H3/b16-11-. The minimum Gasteiger partial charge on any atom is -0.504 e. The molecule has 10 heteroatoms. The Morgan fingerprint density at radius 2 is 1.83 bits per heavy atom. The van der Waals surface area contributed by atoms with Crippen LogP contribution in [-0.4, -0.2) is 75.2 Å². The summed E-state index contributed by atoms with van der Waals surface area (Å²) in [5.74, 6) is -2.08. The van der Waals surface area contributed by atoms with E-state index in [2.05, 4.69) is 0 Å². The van der Waals surface area contributed by atoms with Crippen LogP contribution in [0.1, 0.15) is 25.3 Å². The van der Waals surface area contributed by atoms with Crippen molar-refractivity contribution in [3.63, 3.8) is 0 Å². The van der Waals surface area contributed by atoms with Gasteiger partial charge in [0, 0.05) is 25.9 Å². The first-order chi connectivity index (χ1) is 14.3. The maximum absolute atomic E-state index is 12.9. The van der Waals surface area contributed by atoms with Crippen molar-refractivity contribution in [2.45, 2.75) is 31.6 Å². The molecular formula is C20H22N2O7S. The van der Waals surface area contributed by atoms with Crippen LogP contribution in [0.3, 0.4) is 0 Å². The number of nitrogens with zero attached hydrogens (tertiary/aromatic N) is 2. The summed E-state index contributed by atoms with van der Waals surface area (Å²) in [6, 6.07) is 3.15. The molecule has 0 saturated carbocycles. The monoisotopic (exact) mass is 434 g/mol. The summed E-state index contributed by atoms with van der Waals surface area (Å²) in [7, 11) is 0. The van der Waals surface area contributed by atoms with Gasteiger partial charge in [-0.1, -0.05) is 6.07 Å². The van der Waals surface area contributed by atoms with E-state index >= 15 is 0 Å². The second-order valence-corrected chi connectivity index (χ2v) is 8.40. The molecule has 3 saturated heterocycles. The van der Waals surface area contributed by atoms with Gasteiger partial charge >= 0.3 is 0 Å². The summed E-state index contributed by atoms with van der Waals surface area (Å²) in [6.45, 7) is 3.50. The Morgan fingerprint density at radius 1 is 1.17 bits per heavy atom. The highest BCUT2D eigenvalue weighted by Gasteiger charge is 2.45. The van der Waals surface area contributed by atoms with E-state index in [1.807, 2.05) is 0 Å². The summed E-state index contributed by atoms with van der Waals surface area (Å²) in [6.07, 6.45) is 2.55. The normalized spacial score (nSPS) is 23.6. The van der Waals surface area contributed by atoms with Crippen molar-refractivity contribution < 1.29 is 34.1 Å². The van der Waals surface area contributed by atoms with Crippen LogP contribution in [0.15, 0.2) is 23.1 Å². The van der Waals surface area contributed by atoms with Crippen LogP contribution in [0.4, 0.5) is 4.79 Å². The number of ether oxygens (including phenoxy) is 2. The number of amides is 3. The second-order valence-electron chi connectivity index (χ2n) is 7.41. The van der Waals surface area contributed by atoms with Gasteiger partial charge in [0.25, 0.3) is 11.1 Å². The van der Waals surface area contributed by atoms with Gasteiger partial charge in [-0.3, -0.25) is 19.3 Å². The molecule has 1 atom stereocenters. The minimum absolute atomic E-state index is 0.148. The molecule has 1 unspecified atom stereocenters. The fourth-order valence-corrected chi connectivity index (χ4v) is 4.73. The highest BCUT2D eigenvalue weighted by atomic mass is 32.2. The number of hydrogen-bond acceptors (Lipinski definition) is 8. The van der Waals surface area contributed by atoms with Gasteiger partial charge in [0.2, 0.25) is 5.91 Å². The van der Waals surface area contributed by atoms with Crippen molar-refractivity contribution in [2.75, 3.05) is 26.3 Å². The average Bonchev–Trinajstić information content (AvgIpc) is 3.28. The fourth-order valence-electron chi connectivity index (χ4n) is 3.82. The molecule has 2 N–H and O–H groups in total. The second kappa shape index (κ2) is 7.93. The number of carbonyl (C=O) groups is 3. The van der Waals surface area contributed by atoms with Crippen LogP contribution in [0.25, 0.3) is 6.08 Å². The summed E-state index contributed by atoms with van der Waals surface area (Å²) in [5, 5.41) is 18.5. The number of phenolic OH excluding ortho intramolecular Hbond substituents is 2. The highest BCUT2D eigenvalue weighted by molar-refractivity contribution is 8.18. The molecular weight excluding hydrogens is 412 g/mol. The van der Waals surface area contributed by atoms with Crippen molar-refractivity contribution in [1.29, 1.82) is 0 Å². The lowest BCUT2D eigenvalue weighted by molar-refractivity contribution is -0.188. The third-order valence-corrected chi connectivity index (χ3v) is 6.40. The maximum atomic E-state index is 12.9. The molecule has 1 spiro atoms. The zero-order valence-electron chi connectivity index (χ0n) is 16.4. The van der Waals surface area contributed by atoms with E-state index < -0.39 is 23.0 Å². The molecule has 4 rings (SSSR count). The lowest BCUT2D eigenvalue weighted by Crippen LogP contribution is -2.53. The number of piperidine rings is 1. The van der Waals surface area contributed by atoms with Crippen molar-refractivity contribution in [3.05, 3.63) is 28.7 Å². The molecule has 3 amide bonds. The first-order valence-corrected chi connectivity index (χ1v) is 10.5. The zero-order valence-corrected chi connectivity index (χ0v) is 17.2. The van der Waals surface area contributed by atoms with Crippen LogP contribution in [0.5, 0.6) is 11.5 Å². The number of likely N-dealkylation sites (tertiary alicyclic amines) is 1. The van der Waals surface area contributed by atoms with Gasteiger partial charge in [0.15, 0.2) is 17.3 Å². The van der Waals surface area contributed by atoms with Gasteiger partial charge < -0.3 is 24.6 Å². The van der Waals surface area contributed by atoms with E-state index in [0.717, 1.165) is 16.7 Å². The van der Waals surface area contributed by atoms with E-state index in [-0.39, 0.29) is 22.3 Å². The molecule has 3 aliphatic heterocycles. The molecule has 3 heterocycles. The maximum Gasteiger partial charge on any atom is 0.294 e. The van der Waals surface area contributed by atoms with E-state index in [1.165, 1.54) is 24.3 Å². The number of aromatic hydroxyl groups is 2. The fraction of sp³-hybridized carbons (Fsp3) is 0.450. The number of rotatable bonds is 3. The predicted octanol–water partition coefficient (Wildman–Crippen LogP) is 1.89.